The number of morpholine rings is 1. The Morgan fingerprint density at radius 1 is 0.893 bits per heavy atom. The van der Waals surface area contributed by atoms with Gasteiger partial charge in [0.25, 0.3) is 0 Å². The number of ether oxygens (including phenoxy) is 2. The van der Waals surface area contributed by atoms with Crippen molar-refractivity contribution in [2.75, 3.05) is 26.2 Å². The highest BCUT2D eigenvalue weighted by molar-refractivity contribution is 5.33. The molecule has 2 saturated heterocycles. The highest BCUT2D eigenvalue weighted by atomic mass is 16.5. The molecule has 4 nitrogen and oxygen atoms in total. The van der Waals surface area contributed by atoms with E-state index in [1.165, 1.54) is 18.4 Å². The molecule has 0 radical (unpaired) electrons. The number of para-hydroxylation sites is 1. The lowest BCUT2D eigenvalue weighted by atomic mass is 10.0. The van der Waals surface area contributed by atoms with Gasteiger partial charge >= 0.3 is 0 Å². The van der Waals surface area contributed by atoms with Gasteiger partial charge in [0.05, 0.1) is 12.2 Å². The molecule has 0 bridgehead atoms. The zero-order valence-electron chi connectivity index (χ0n) is 17.1. The van der Waals surface area contributed by atoms with Crippen molar-refractivity contribution >= 4 is 0 Å². The van der Waals surface area contributed by atoms with Gasteiger partial charge in [-0.3, -0.25) is 9.80 Å². The predicted octanol–water partition coefficient (Wildman–Crippen LogP) is 4.55. The highest BCUT2D eigenvalue weighted by Gasteiger charge is 2.30. The van der Waals surface area contributed by atoms with Crippen LogP contribution in [0.15, 0.2) is 54.6 Å². The summed E-state index contributed by atoms with van der Waals surface area (Å²) in [4.78, 5) is 5.23. The second kappa shape index (κ2) is 9.08. The normalized spacial score (nSPS) is 24.9. The first-order chi connectivity index (χ1) is 13.7. The summed E-state index contributed by atoms with van der Waals surface area (Å²) in [5, 5.41) is 0. The molecule has 2 aromatic carbocycles. The zero-order valence-corrected chi connectivity index (χ0v) is 17.1. The fourth-order valence-electron chi connectivity index (χ4n) is 4.55. The van der Waals surface area contributed by atoms with Crippen LogP contribution < -0.4 is 4.74 Å². The van der Waals surface area contributed by atoms with Gasteiger partial charge in [-0.2, -0.15) is 0 Å². The summed E-state index contributed by atoms with van der Waals surface area (Å²) in [6.07, 6.45) is 3.21. The maximum atomic E-state index is 5.99. The van der Waals surface area contributed by atoms with Crippen LogP contribution in [0, 0.1) is 0 Å². The van der Waals surface area contributed by atoms with E-state index in [9.17, 15) is 0 Å². The van der Waals surface area contributed by atoms with E-state index in [1.54, 1.807) is 0 Å². The van der Waals surface area contributed by atoms with Gasteiger partial charge in [0.15, 0.2) is 0 Å². The van der Waals surface area contributed by atoms with Crippen LogP contribution in [0.2, 0.25) is 0 Å². The zero-order chi connectivity index (χ0) is 19.3. The van der Waals surface area contributed by atoms with Crippen LogP contribution in [-0.2, 0) is 11.3 Å². The summed E-state index contributed by atoms with van der Waals surface area (Å²) in [5.41, 5.74) is 1.32. The van der Waals surface area contributed by atoms with Gasteiger partial charge in [-0.1, -0.05) is 30.3 Å². The summed E-state index contributed by atoms with van der Waals surface area (Å²) in [5.74, 6) is 1.80. The minimum atomic E-state index is 0.356. The SMILES string of the molecule is C[C@H]1CN(C2CCN(Cc3cccc(Oc4ccccc4)c3)CC2)C[C@H](C)O1. The summed E-state index contributed by atoms with van der Waals surface area (Å²) in [6, 6.07) is 19.2. The summed E-state index contributed by atoms with van der Waals surface area (Å²) in [6.45, 7) is 9.87. The summed E-state index contributed by atoms with van der Waals surface area (Å²) in [7, 11) is 0. The van der Waals surface area contributed by atoms with Crippen molar-refractivity contribution in [1.29, 1.82) is 0 Å². The Bertz CT molecular complexity index is 733. The highest BCUT2D eigenvalue weighted by Crippen LogP contribution is 2.25. The second-order valence-electron chi connectivity index (χ2n) is 8.28. The van der Waals surface area contributed by atoms with Crippen molar-refractivity contribution in [2.45, 2.75) is 51.5 Å². The van der Waals surface area contributed by atoms with Gasteiger partial charge < -0.3 is 9.47 Å². The smallest absolute Gasteiger partial charge is 0.127 e. The van der Waals surface area contributed by atoms with Crippen LogP contribution in [0.1, 0.15) is 32.3 Å². The van der Waals surface area contributed by atoms with Gasteiger partial charge in [-0.05, 0) is 69.6 Å². The molecule has 2 aliphatic heterocycles. The number of benzene rings is 2. The van der Waals surface area contributed by atoms with Crippen molar-refractivity contribution in [3.05, 3.63) is 60.2 Å². The molecule has 2 fully saturated rings. The molecule has 0 saturated carbocycles. The van der Waals surface area contributed by atoms with Crippen molar-refractivity contribution < 1.29 is 9.47 Å². The van der Waals surface area contributed by atoms with Crippen LogP contribution in [0.3, 0.4) is 0 Å². The fraction of sp³-hybridized carbons (Fsp3) is 0.500. The Labute approximate surface area is 169 Å². The van der Waals surface area contributed by atoms with Crippen molar-refractivity contribution in [3.8, 4) is 11.5 Å². The van der Waals surface area contributed by atoms with Gasteiger partial charge in [0.1, 0.15) is 11.5 Å². The molecule has 0 amide bonds. The van der Waals surface area contributed by atoms with Crippen molar-refractivity contribution in [3.63, 3.8) is 0 Å². The Hall–Kier alpha value is -1.88. The van der Waals surface area contributed by atoms with E-state index in [4.69, 9.17) is 9.47 Å². The number of hydrogen-bond acceptors (Lipinski definition) is 4. The molecule has 0 aliphatic carbocycles. The third kappa shape index (κ3) is 5.13. The monoisotopic (exact) mass is 380 g/mol. The van der Waals surface area contributed by atoms with Crippen LogP contribution in [0.25, 0.3) is 0 Å². The molecule has 2 heterocycles. The first-order valence-electron chi connectivity index (χ1n) is 10.6. The maximum absolute atomic E-state index is 5.99. The van der Waals surface area contributed by atoms with E-state index >= 15 is 0 Å². The molecular formula is C24H32N2O2. The van der Waals surface area contributed by atoms with Crippen LogP contribution in [-0.4, -0.2) is 54.2 Å². The van der Waals surface area contributed by atoms with Gasteiger partial charge in [-0.15, -0.1) is 0 Å². The number of piperidine rings is 1. The Kier molecular flexibility index (Phi) is 6.30. The van der Waals surface area contributed by atoms with E-state index < -0.39 is 0 Å². The maximum Gasteiger partial charge on any atom is 0.127 e. The summed E-state index contributed by atoms with van der Waals surface area (Å²) >= 11 is 0. The molecule has 0 aromatic heterocycles. The molecule has 2 atom stereocenters. The van der Waals surface area contributed by atoms with Gasteiger partial charge in [-0.25, -0.2) is 0 Å². The Morgan fingerprint density at radius 2 is 1.57 bits per heavy atom. The van der Waals surface area contributed by atoms with Crippen molar-refractivity contribution in [2.24, 2.45) is 0 Å². The molecule has 0 unspecified atom stereocenters. The molecule has 4 rings (SSSR count). The second-order valence-corrected chi connectivity index (χ2v) is 8.28. The van der Waals surface area contributed by atoms with Crippen LogP contribution >= 0.6 is 0 Å². The molecule has 0 N–H and O–H groups in total. The lowest BCUT2D eigenvalue weighted by molar-refractivity contribution is -0.0865. The van der Waals surface area contributed by atoms with Gasteiger partial charge in [0.2, 0.25) is 0 Å². The lowest BCUT2D eigenvalue weighted by Crippen LogP contribution is -2.53. The van der Waals surface area contributed by atoms with E-state index in [0.717, 1.165) is 44.2 Å². The van der Waals surface area contributed by atoms with Crippen molar-refractivity contribution in [1.82, 2.24) is 9.80 Å². The molecule has 150 valence electrons. The van der Waals surface area contributed by atoms with E-state index in [0.29, 0.717) is 18.2 Å². The number of rotatable bonds is 5. The molecule has 0 spiro atoms. The molecule has 4 heteroatoms. The average molecular weight is 381 g/mol. The number of hydrogen-bond donors (Lipinski definition) is 0. The van der Waals surface area contributed by atoms with Gasteiger partial charge in [0, 0.05) is 25.7 Å². The molecular weight excluding hydrogens is 348 g/mol. The number of nitrogens with zero attached hydrogens (tertiary/aromatic N) is 2. The van der Waals surface area contributed by atoms with E-state index in [1.807, 2.05) is 36.4 Å². The first-order valence-corrected chi connectivity index (χ1v) is 10.6. The predicted molar refractivity (Wildman–Crippen MR) is 113 cm³/mol. The minimum absolute atomic E-state index is 0.356. The minimum Gasteiger partial charge on any atom is -0.457 e. The Balaban J connectivity index is 1.29. The lowest BCUT2D eigenvalue weighted by Gasteiger charge is -2.43. The Morgan fingerprint density at radius 3 is 2.29 bits per heavy atom. The van der Waals surface area contributed by atoms with E-state index in [2.05, 4.69) is 41.8 Å². The molecule has 2 aromatic rings. The molecule has 28 heavy (non-hydrogen) atoms. The molecule has 2 aliphatic rings. The third-order valence-electron chi connectivity index (χ3n) is 5.80. The largest absolute Gasteiger partial charge is 0.457 e. The van der Waals surface area contributed by atoms with Crippen LogP contribution in [0.5, 0.6) is 11.5 Å². The summed E-state index contributed by atoms with van der Waals surface area (Å²) < 4.78 is 11.9. The topological polar surface area (TPSA) is 24.9 Å². The third-order valence-corrected chi connectivity index (χ3v) is 5.80. The first kappa shape index (κ1) is 19.4. The standard InChI is InChI=1S/C24H32N2O2/c1-19-16-26(17-20(2)27-19)22-11-13-25(14-12-22)18-21-7-6-10-24(15-21)28-23-8-4-3-5-9-23/h3-10,15,19-20,22H,11-14,16-18H2,1-2H3/t19-,20-/m0/s1. The van der Waals surface area contributed by atoms with E-state index in [-0.39, 0.29) is 0 Å². The quantitative estimate of drug-likeness (QED) is 0.760. The fourth-order valence-corrected chi connectivity index (χ4v) is 4.55. The average Bonchev–Trinajstić information content (AvgIpc) is 2.69. The van der Waals surface area contributed by atoms with Crippen LogP contribution in [0.4, 0.5) is 0 Å². The number of likely N-dealkylation sites (tertiary alicyclic amines) is 1.